The molecule has 0 bridgehead atoms. The molecular formula is C15H13NO4S. The standard InChI is InChI=1S/C15H13NO4S/c1-10(17)11-3-8-15(14(9-11)16(18)19)21-13-6-4-12(20-2)5-7-13/h3-9H,1-2H3. The summed E-state index contributed by atoms with van der Waals surface area (Å²) in [6.45, 7) is 1.38. The molecule has 0 heterocycles. The number of hydrogen-bond donors (Lipinski definition) is 0. The number of rotatable bonds is 5. The highest BCUT2D eigenvalue weighted by Gasteiger charge is 2.17. The molecule has 2 rings (SSSR count). The van der Waals surface area contributed by atoms with E-state index in [1.54, 1.807) is 31.4 Å². The monoisotopic (exact) mass is 303 g/mol. The van der Waals surface area contributed by atoms with Gasteiger partial charge in [0.2, 0.25) is 0 Å². The molecule has 0 unspecified atom stereocenters. The molecule has 0 aliphatic rings. The molecule has 21 heavy (non-hydrogen) atoms. The van der Waals surface area contributed by atoms with Gasteiger partial charge in [0.1, 0.15) is 5.75 Å². The molecule has 0 radical (unpaired) electrons. The lowest BCUT2D eigenvalue weighted by Gasteiger charge is -2.05. The minimum absolute atomic E-state index is 0.0662. The van der Waals surface area contributed by atoms with Gasteiger partial charge >= 0.3 is 0 Å². The van der Waals surface area contributed by atoms with Crippen LogP contribution in [-0.2, 0) is 0 Å². The van der Waals surface area contributed by atoms with Crippen LogP contribution in [0.1, 0.15) is 17.3 Å². The maximum absolute atomic E-state index is 11.3. The fourth-order valence-electron chi connectivity index (χ4n) is 1.74. The molecule has 0 spiro atoms. The van der Waals surface area contributed by atoms with Crippen LogP contribution in [0.3, 0.4) is 0 Å². The molecule has 5 nitrogen and oxygen atoms in total. The third-order valence-corrected chi connectivity index (χ3v) is 3.92. The number of carbonyl (C=O) groups excluding carboxylic acids is 1. The molecule has 0 N–H and O–H groups in total. The summed E-state index contributed by atoms with van der Waals surface area (Å²) in [5, 5.41) is 11.1. The Labute approximate surface area is 126 Å². The van der Waals surface area contributed by atoms with Crippen molar-refractivity contribution in [1.82, 2.24) is 0 Å². The van der Waals surface area contributed by atoms with E-state index >= 15 is 0 Å². The predicted octanol–water partition coefficient (Wildman–Crippen LogP) is 3.96. The van der Waals surface area contributed by atoms with Gasteiger partial charge in [0.05, 0.1) is 16.9 Å². The van der Waals surface area contributed by atoms with Crippen LogP contribution in [0, 0.1) is 10.1 Å². The van der Waals surface area contributed by atoms with E-state index in [-0.39, 0.29) is 11.5 Å². The van der Waals surface area contributed by atoms with Gasteiger partial charge in [0, 0.05) is 16.5 Å². The molecule has 2 aromatic carbocycles. The first-order chi connectivity index (χ1) is 10.0. The Morgan fingerprint density at radius 2 is 1.86 bits per heavy atom. The normalized spacial score (nSPS) is 10.2. The van der Waals surface area contributed by atoms with Crippen molar-refractivity contribution in [3.05, 3.63) is 58.1 Å². The average Bonchev–Trinajstić information content (AvgIpc) is 2.48. The number of nitro benzene ring substituents is 1. The van der Waals surface area contributed by atoms with E-state index in [4.69, 9.17) is 4.74 Å². The second-order valence-electron chi connectivity index (χ2n) is 4.27. The quantitative estimate of drug-likeness (QED) is 0.475. The number of hydrogen-bond acceptors (Lipinski definition) is 5. The first-order valence-corrected chi connectivity index (χ1v) is 6.94. The highest BCUT2D eigenvalue weighted by atomic mass is 32.2. The molecule has 0 saturated heterocycles. The molecule has 0 fully saturated rings. The van der Waals surface area contributed by atoms with Crippen LogP contribution in [0.15, 0.2) is 52.3 Å². The minimum Gasteiger partial charge on any atom is -0.497 e. The number of ether oxygens (including phenoxy) is 1. The maximum atomic E-state index is 11.3. The number of nitro groups is 1. The zero-order valence-electron chi connectivity index (χ0n) is 11.5. The molecule has 0 saturated carbocycles. The summed E-state index contributed by atoms with van der Waals surface area (Å²) in [4.78, 5) is 23.3. The van der Waals surface area contributed by atoms with E-state index in [9.17, 15) is 14.9 Å². The van der Waals surface area contributed by atoms with Crippen LogP contribution in [0.5, 0.6) is 5.75 Å². The van der Waals surface area contributed by atoms with Crippen molar-refractivity contribution in [3.8, 4) is 5.75 Å². The molecule has 0 aliphatic heterocycles. The van der Waals surface area contributed by atoms with Gasteiger partial charge in [-0.3, -0.25) is 14.9 Å². The maximum Gasteiger partial charge on any atom is 0.283 e. The van der Waals surface area contributed by atoms with Gasteiger partial charge in [-0.15, -0.1) is 0 Å². The van der Waals surface area contributed by atoms with Crippen molar-refractivity contribution in [3.63, 3.8) is 0 Å². The fourth-order valence-corrected chi connectivity index (χ4v) is 2.64. The first kappa shape index (κ1) is 15.1. The topological polar surface area (TPSA) is 69.4 Å². The molecule has 0 amide bonds. The highest BCUT2D eigenvalue weighted by Crippen LogP contribution is 2.36. The van der Waals surface area contributed by atoms with Crippen molar-refractivity contribution >= 4 is 23.2 Å². The van der Waals surface area contributed by atoms with Crippen LogP contribution in [0.2, 0.25) is 0 Å². The van der Waals surface area contributed by atoms with Gasteiger partial charge in [0.25, 0.3) is 5.69 Å². The summed E-state index contributed by atoms with van der Waals surface area (Å²) >= 11 is 1.27. The van der Waals surface area contributed by atoms with E-state index < -0.39 is 4.92 Å². The summed E-state index contributed by atoms with van der Waals surface area (Å²) < 4.78 is 5.07. The lowest BCUT2D eigenvalue weighted by molar-refractivity contribution is -0.387. The zero-order valence-corrected chi connectivity index (χ0v) is 12.3. The smallest absolute Gasteiger partial charge is 0.283 e. The number of benzene rings is 2. The number of methoxy groups -OCH3 is 1. The first-order valence-electron chi connectivity index (χ1n) is 6.12. The largest absolute Gasteiger partial charge is 0.497 e. The van der Waals surface area contributed by atoms with Crippen LogP contribution in [0.25, 0.3) is 0 Å². The van der Waals surface area contributed by atoms with Crippen LogP contribution >= 0.6 is 11.8 Å². The third-order valence-electron chi connectivity index (χ3n) is 2.85. The Hall–Kier alpha value is -2.34. The summed E-state index contributed by atoms with van der Waals surface area (Å²) in [6, 6.07) is 11.7. The number of carbonyl (C=O) groups is 1. The van der Waals surface area contributed by atoms with Gasteiger partial charge in [-0.2, -0.15) is 0 Å². The molecule has 108 valence electrons. The predicted molar refractivity (Wildman–Crippen MR) is 80.2 cm³/mol. The van der Waals surface area contributed by atoms with Gasteiger partial charge in [-0.05, 0) is 43.3 Å². The van der Waals surface area contributed by atoms with Crippen LogP contribution in [-0.4, -0.2) is 17.8 Å². The van der Waals surface area contributed by atoms with Crippen molar-refractivity contribution in [2.75, 3.05) is 7.11 Å². The Kier molecular flexibility index (Phi) is 4.59. The van der Waals surface area contributed by atoms with Gasteiger partial charge in [-0.1, -0.05) is 11.8 Å². The summed E-state index contributed by atoms with van der Waals surface area (Å²) in [6.07, 6.45) is 0. The Balaban J connectivity index is 2.34. The molecule has 0 aromatic heterocycles. The van der Waals surface area contributed by atoms with E-state index in [1.165, 1.54) is 24.8 Å². The van der Waals surface area contributed by atoms with Crippen molar-refractivity contribution < 1.29 is 14.5 Å². The van der Waals surface area contributed by atoms with Gasteiger partial charge < -0.3 is 4.74 Å². The highest BCUT2D eigenvalue weighted by molar-refractivity contribution is 7.99. The van der Waals surface area contributed by atoms with Crippen molar-refractivity contribution in [2.45, 2.75) is 16.7 Å². The fraction of sp³-hybridized carbons (Fsp3) is 0.133. The number of Topliss-reactive ketones (excluding diaryl/α,β-unsaturated/α-hetero) is 1. The SMILES string of the molecule is COc1ccc(Sc2ccc(C(C)=O)cc2[N+](=O)[O-])cc1. The minimum atomic E-state index is -0.474. The van der Waals surface area contributed by atoms with Crippen molar-refractivity contribution in [1.29, 1.82) is 0 Å². The van der Waals surface area contributed by atoms with E-state index in [2.05, 4.69) is 0 Å². The van der Waals surface area contributed by atoms with Crippen LogP contribution in [0.4, 0.5) is 5.69 Å². The van der Waals surface area contributed by atoms with Gasteiger partial charge in [0.15, 0.2) is 5.78 Å². The van der Waals surface area contributed by atoms with E-state index in [0.29, 0.717) is 10.5 Å². The Bertz CT molecular complexity index is 683. The molecular weight excluding hydrogens is 290 g/mol. The van der Waals surface area contributed by atoms with E-state index in [0.717, 1.165) is 10.6 Å². The summed E-state index contributed by atoms with van der Waals surface area (Å²) in [5.41, 5.74) is 0.268. The lowest BCUT2D eigenvalue weighted by atomic mass is 10.1. The molecule has 2 aromatic rings. The number of ketones is 1. The Morgan fingerprint density at radius 1 is 1.19 bits per heavy atom. The summed E-state index contributed by atoms with van der Waals surface area (Å²) in [5.74, 6) is 0.528. The third kappa shape index (κ3) is 3.61. The second-order valence-corrected chi connectivity index (χ2v) is 5.39. The average molecular weight is 303 g/mol. The zero-order chi connectivity index (χ0) is 15.4. The second kappa shape index (κ2) is 6.41. The molecule has 0 aliphatic carbocycles. The molecule has 6 heteroatoms. The lowest BCUT2D eigenvalue weighted by Crippen LogP contribution is -1.96. The summed E-state index contributed by atoms with van der Waals surface area (Å²) in [7, 11) is 1.58. The Morgan fingerprint density at radius 3 is 2.38 bits per heavy atom. The van der Waals surface area contributed by atoms with Gasteiger partial charge in [-0.25, -0.2) is 0 Å². The van der Waals surface area contributed by atoms with Crippen LogP contribution < -0.4 is 4.74 Å². The van der Waals surface area contributed by atoms with E-state index in [1.807, 2.05) is 12.1 Å². The van der Waals surface area contributed by atoms with Crippen molar-refractivity contribution in [2.24, 2.45) is 0 Å². The molecule has 0 atom stereocenters. The number of nitrogens with zero attached hydrogens (tertiary/aromatic N) is 1.